The highest BCUT2D eigenvalue weighted by Crippen LogP contribution is 2.47. The van der Waals surface area contributed by atoms with Crippen LogP contribution < -0.4 is 0 Å². The standard InChI is InChI=1S/C14H28/c1-4-6-7-8-9-10-12(3)14-11-13(14)5-2/h12-14H,4-11H2,1-3H3. The lowest BCUT2D eigenvalue weighted by Crippen LogP contribution is -1.99. The highest BCUT2D eigenvalue weighted by atomic mass is 14.4. The smallest absolute Gasteiger partial charge is 0.0357 e. The Bertz CT molecular complexity index is 139. The van der Waals surface area contributed by atoms with E-state index in [1.54, 1.807) is 0 Å². The largest absolute Gasteiger partial charge is 0.0654 e. The number of hydrogen-bond donors (Lipinski definition) is 0. The van der Waals surface area contributed by atoms with Crippen LogP contribution in [-0.2, 0) is 0 Å². The van der Waals surface area contributed by atoms with Crippen molar-refractivity contribution in [2.24, 2.45) is 17.8 Å². The maximum Gasteiger partial charge on any atom is -0.0357 e. The first-order valence-electron chi connectivity index (χ1n) is 6.79. The molecule has 0 bridgehead atoms. The molecule has 0 aromatic rings. The Hall–Kier alpha value is 0. The molecule has 0 aromatic heterocycles. The third kappa shape index (κ3) is 4.02. The van der Waals surface area contributed by atoms with E-state index in [0.29, 0.717) is 0 Å². The van der Waals surface area contributed by atoms with E-state index in [1.165, 1.54) is 51.4 Å². The van der Waals surface area contributed by atoms with Gasteiger partial charge >= 0.3 is 0 Å². The summed E-state index contributed by atoms with van der Waals surface area (Å²) < 4.78 is 0. The molecule has 0 amide bonds. The number of hydrogen-bond acceptors (Lipinski definition) is 0. The molecule has 1 fully saturated rings. The first-order valence-corrected chi connectivity index (χ1v) is 6.79. The van der Waals surface area contributed by atoms with Crippen LogP contribution in [0.25, 0.3) is 0 Å². The summed E-state index contributed by atoms with van der Waals surface area (Å²) in [6.07, 6.45) is 11.7. The van der Waals surface area contributed by atoms with E-state index in [9.17, 15) is 0 Å². The molecular formula is C14H28. The Morgan fingerprint density at radius 2 is 1.79 bits per heavy atom. The fourth-order valence-electron chi connectivity index (χ4n) is 2.72. The summed E-state index contributed by atoms with van der Waals surface area (Å²) in [5, 5.41) is 0. The van der Waals surface area contributed by atoms with Gasteiger partial charge in [-0.25, -0.2) is 0 Å². The molecule has 0 nitrogen and oxygen atoms in total. The molecule has 1 aliphatic carbocycles. The van der Waals surface area contributed by atoms with Gasteiger partial charge in [-0.15, -0.1) is 0 Å². The van der Waals surface area contributed by atoms with E-state index < -0.39 is 0 Å². The van der Waals surface area contributed by atoms with Crippen LogP contribution >= 0.6 is 0 Å². The topological polar surface area (TPSA) is 0 Å². The van der Waals surface area contributed by atoms with Gasteiger partial charge in [-0.2, -0.15) is 0 Å². The molecule has 14 heavy (non-hydrogen) atoms. The maximum atomic E-state index is 2.47. The van der Waals surface area contributed by atoms with Crippen molar-refractivity contribution in [3.8, 4) is 0 Å². The summed E-state index contributed by atoms with van der Waals surface area (Å²) in [6.45, 7) is 7.11. The molecule has 1 saturated carbocycles. The number of unbranched alkanes of at least 4 members (excludes halogenated alkanes) is 4. The lowest BCUT2D eigenvalue weighted by atomic mass is 9.96. The van der Waals surface area contributed by atoms with Crippen LogP contribution in [0.15, 0.2) is 0 Å². The van der Waals surface area contributed by atoms with E-state index in [1.807, 2.05) is 0 Å². The second-order valence-electron chi connectivity index (χ2n) is 5.25. The maximum absolute atomic E-state index is 2.47. The van der Waals surface area contributed by atoms with Crippen molar-refractivity contribution >= 4 is 0 Å². The zero-order chi connectivity index (χ0) is 10.4. The van der Waals surface area contributed by atoms with Gasteiger partial charge in [-0.05, 0) is 24.2 Å². The van der Waals surface area contributed by atoms with Crippen molar-refractivity contribution in [3.63, 3.8) is 0 Å². The van der Waals surface area contributed by atoms with Gasteiger partial charge in [0.2, 0.25) is 0 Å². The minimum Gasteiger partial charge on any atom is -0.0654 e. The van der Waals surface area contributed by atoms with E-state index in [0.717, 1.165) is 17.8 Å². The Kier molecular flexibility index (Phi) is 5.59. The van der Waals surface area contributed by atoms with Crippen molar-refractivity contribution in [2.45, 2.75) is 72.1 Å². The zero-order valence-electron chi connectivity index (χ0n) is 10.4. The molecule has 1 rings (SSSR count). The normalized spacial score (nSPS) is 27.6. The molecule has 3 unspecified atom stereocenters. The van der Waals surface area contributed by atoms with Crippen molar-refractivity contribution in [1.29, 1.82) is 0 Å². The van der Waals surface area contributed by atoms with Crippen molar-refractivity contribution in [3.05, 3.63) is 0 Å². The first kappa shape index (κ1) is 12.1. The van der Waals surface area contributed by atoms with Gasteiger partial charge in [0.05, 0.1) is 0 Å². The molecule has 3 atom stereocenters. The first-order chi connectivity index (χ1) is 6.79. The molecule has 0 radical (unpaired) electrons. The molecular weight excluding hydrogens is 168 g/mol. The van der Waals surface area contributed by atoms with Gasteiger partial charge < -0.3 is 0 Å². The molecule has 84 valence electrons. The van der Waals surface area contributed by atoms with E-state index in [-0.39, 0.29) is 0 Å². The number of rotatable bonds is 8. The Labute approximate surface area is 90.5 Å². The summed E-state index contributed by atoms with van der Waals surface area (Å²) >= 11 is 0. The lowest BCUT2D eigenvalue weighted by Gasteiger charge is -2.10. The molecule has 0 N–H and O–H groups in total. The van der Waals surface area contributed by atoms with Crippen LogP contribution in [0.2, 0.25) is 0 Å². The van der Waals surface area contributed by atoms with Gasteiger partial charge in [0, 0.05) is 0 Å². The highest BCUT2D eigenvalue weighted by molar-refractivity contribution is 4.88. The second kappa shape index (κ2) is 6.48. The quantitative estimate of drug-likeness (QED) is 0.478. The highest BCUT2D eigenvalue weighted by Gasteiger charge is 2.38. The molecule has 0 saturated heterocycles. The predicted molar refractivity (Wildman–Crippen MR) is 64.4 cm³/mol. The minimum absolute atomic E-state index is 1.02. The summed E-state index contributed by atoms with van der Waals surface area (Å²) in [5.41, 5.74) is 0. The molecule has 0 aliphatic heterocycles. The Morgan fingerprint density at radius 1 is 1.07 bits per heavy atom. The second-order valence-corrected chi connectivity index (χ2v) is 5.25. The molecule has 0 aromatic carbocycles. The van der Waals surface area contributed by atoms with Crippen LogP contribution in [0.1, 0.15) is 72.1 Å². The van der Waals surface area contributed by atoms with Gasteiger partial charge in [0.15, 0.2) is 0 Å². The Balaban J connectivity index is 1.91. The molecule has 0 spiro atoms. The third-order valence-electron chi connectivity index (χ3n) is 4.00. The predicted octanol–water partition coefficient (Wildman–Crippen LogP) is 5.03. The van der Waals surface area contributed by atoms with Crippen LogP contribution in [0, 0.1) is 17.8 Å². The van der Waals surface area contributed by atoms with Gasteiger partial charge in [-0.1, -0.05) is 65.7 Å². The summed E-state index contributed by atoms with van der Waals surface area (Å²) in [6, 6.07) is 0. The van der Waals surface area contributed by atoms with Crippen molar-refractivity contribution in [1.82, 2.24) is 0 Å². The van der Waals surface area contributed by atoms with Crippen LogP contribution in [0.4, 0.5) is 0 Å². The van der Waals surface area contributed by atoms with E-state index in [4.69, 9.17) is 0 Å². The SMILES string of the molecule is CCCCCCCC(C)C1CC1CC. The lowest BCUT2D eigenvalue weighted by molar-refractivity contribution is 0.415. The van der Waals surface area contributed by atoms with Crippen LogP contribution in [-0.4, -0.2) is 0 Å². The minimum atomic E-state index is 1.02. The average molecular weight is 196 g/mol. The Morgan fingerprint density at radius 3 is 2.36 bits per heavy atom. The molecule has 0 heterocycles. The average Bonchev–Trinajstić information content (AvgIpc) is 2.96. The molecule has 1 aliphatic rings. The van der Waals surface area contributed by atoms with Crippen LogP contribution in [0.3, 0.4) is 0 Å². The summed E-state index contributed by atoms with van der Waals surface area (Å²) in [4.78, 5) is 0. The van der Waals surface area contributed by atoms with E-state index >= 15 is 0 Å². The van der Waals surface area contributed by atoms with Gasteiger partial charge in [0.25, 0.3) is 0 Å². The van der Waals surface area contributed by atoms with Crippen molar-refractivity contribution in [2.75, 3.05) is 0 Å². The van der Waals surface area contributed by atoms with E-state index in [2.05, 4.69) is 20.8 Å². The molecule has 0 heteroatoms. The summed E-state index contributed by atoms with van der Waals surface area (Å²) in [5.74, 6) is 3.22. The van der Waals surface area contributed by atoms with Gasteiger partial charge in [-0.3, -0.25) is 0 Å². The fraction of sp³-hybridized carbons (Fsp3) is 1.00. The fourth-order valence-corrected chi connectivity index (χ4v) is 2.72. The van der Waals surface area contributed by atoms with Gasteiger partial charge in [0.1, 0.15) is 0 Å². The zero-order valence-corrected chi connectivity index (χ0v) is 10.4. The van der Waals surface area contributed by atoms with Crippen molar-refractivity contribution < 1.29 is 0 Å². The summed E-state index contributed by atoms with van der Waals surface area (Å²) in [7, 11) is 0. The van der Waals surface area contributed by atoms with Crippen LogP contribution in [0.5, 0.6) is 0 Å². The third-order valence-corrected chi connectivity index (χ3v) is 4.00. The monoisotopic (exact) mass is 196 g/mol.